The Bertz CT molecular complexity index is 1030. The number of morpholine rings is 1. The van der Waals surface area contributed by atoms with Crippen LogP contribution in [0.15, 0.2) is 36.7 Å². The lowest BCUT2D eigenvalue weighted by molar-refractivity contribution is 0.0303. The number of carbonyl (C=O) groups is 1. The van der Waals surface area contributed by atoms with E-state index >= 15 is 0 Å². The van der Waals surface area contributed by atoms with E-state index in [0.717, 1.165) is 27.9 Å². The van der Waals surface area contributed by atoms with E-state index in [1.54, 1.807) is 13.3 Å². The number of anilines is 2. The summed E-state index contributed by atoms with van der Waals surface area (Å²) in [6, 6.07) is 7.85. The minimum absolute atomic E-state index is 0. The predicted octanol–water partition coefficient (Wildman–Crippen LogP) is 3.53. The summed E-state index contributed by atoms with van der Waals surface area (Å²) in [5.74, 6) is 1.48. The smallest absolute Gasteiger partial charge is 0.257 e. The monoisotopic (exact) mass is 416 g/mol. The van der Waals surface area contributed by atoms with Crippen LogP contribution in [0.3, 0.4) is 0 Å². The number of hydrogen-bond donors (Lipinski definition) is 1. The quantitative estimate of drug-likeness (QED) is 0.704. The number of nitrogens with zero attached hydrogens (tertiary/aromatic N) is 3. The van der Waals surface area contributed by atoms with E-state index in [9.17, 15) is 4.79 Å². The number of nitrogens with one attached hydrogen (secondary N) is 1. The Morgan fingerprint density at radius 2 is 2.00 bits per heavy atom. The molecule has 4 rings (SSSR count). The Hall–Kier alpha value is -2.77. The maximum atomic E-state index is 13.1. The average Bonchev–Trinajstić information content (AvgIpc) is 3.12. The summed E-state index contributed by atoms with van der Waals surface area (Å²) in [5, 5.41) is 4.31. The van der Waals surface area contributed by atoms with Gasteiger partial charge in [0.1, 0.15) is 11.6 Å². The molecule has 154 valence electrons. The molecule has 0 spiro atoms. The number of rotatable bonds is 4. The minimum Gasteiger partial charge on any atom is -0.497 e. The number of halogens is 1. The summed E-state index contributed by atoms with van der Waals surface area (Å²) < 4.78 is 12.7. The molecule has 1 saturated heterocycles. The third-order valence-corrected chi connectivity index (χ3v) is 5.13. The molecule has 29 heavy (non-hydrogen) atoms. The summed E-state index contributed by atoms with van der Waals surface area (Å²) >= 11 is 0. The molecule has 0 saturated carbocycles. The Labute approximate surface area is 176 Å². The molecule has 1 aliphatic heterocycles. The third kappa shape index (κ3) is 4.02. The van der Waals surface area contributed by atoms with Gasteiger partial charge < -0.3 is 24.3 Å². The molecule has 7 nitrogen and oxygen atoms in total. The lowest BCUT2D eigenvalue weighted by Gasteiger charge is -2.27. The van der Waals surface area contributed by atoms with Gasteiger partial charge in [-0.1, -0.05) is 6.07 Å². The van der Waals surface area contributed by atoms with Gasteiger partial charge in [-0.3, -0.25) is 4.79 Å². The fourth-order valence-electron chi connectivity index (χ4n) is 3.50. The molecule has 3 aromatic rings. The number of amides is 1. The highest BCUT2D eigenvalue weighted by molar-refractivity contribution is 6.08. The van der Waals surface area contributed by atoms with Crippen LogP contribution in [0.4, 0.5) is 11.5 Å². The Kier molecular flexibility index (Phi) is 6.30. The van der Waals surface area contributed by atoms with Crippen molar-refractivity contribution in [1.82, 2.24) is 14.5 Å². The van der Waals surface area contributed by atoms with Crippen molar-refractivity contribution in [2.24, 2.45) is 7.05 Å². The number of hydrogen-bond acceptors (Lipinski definition) is 5. The Balaban J connectivity index is 0.00000240. The van der Waals surface area contributed by atoms with Gasteiger partial charge in [-0.15, -0.1) is 12.4 Å². The molecule has 1 fully saturated rings. The fourth-order valence-corrected chi connectivity index (χ4v) is 3.50. The van der Waals surface area contributed by atoms with Crippen LogP contribution in [0, 0.1) is 6.92 Å². The fraction of sp³-hybridized carbons (Fsp3) is 0.333. The van der Waals surface area contributed by atoms with Gasteiger partial charge in [0.05, 0.1) is 31.4 Å². The second-order valence-corrected chi connectivity index (χ2v) is 6.92. The third-order valence-electron chi connectivity index (χ3n) is 5.13. The van der Waals surface area contributed by atoms with E-state index in [2.05, 4.69) is 10.3 Å². The minimum atomic E-state index is -0.00768. The first-order valence-corrected chi connectivity index (χ1v) is 9.31. The van der Waals surface area contributed by atoms with E-state index in [1.165, 1.54) is 0 Å². The van der Waals surface area contributed by atoms with E-state index in [1.807, 2.05) is 53.9 Å². The Morgan fingerprint density at radius 1 is 1.24 bits per heavy atom. The summed E-state index contributed by atoms with van der Waals surface area (Å²) in [7, 11) is 3.59. The molecule has 2 aromatic heterocycles. The molecule has 0 unspecified atom stereocenters. The van der Waals surface area contributed by atoms with E-state index in [-0.39, 0.29) is 18.3 Å². The summed E-state index contributed by atoms with van der Waals surface area (Å²) in [6.07, 6.45) is 3.62. The number of fused-ring (bicyclic) bond motifs is 1. The van der Waals surface area contributed by atoms with Crippen LogP contribution in [0.25, 0.3) is 10.9 Å². The van der Waals surface area contributed by atoms with Gasteiger partial charge in [0.15, 0.2) is 0 Å². The Morgan fingerprint density at radius 3 is 2.72 bits per heavy atom. The summed E-state index contributed by atoms with van der Waals surface area (Å²) in [4.78, 5) is 19.5. The zero-order chi connectivity index (χ0) is 19.7. The first kappa shape index (κ1) is 21.0. The number of ether oxygens (including phenoxy) is 2. The highest BCUT2D eigenvalue weighted by Gasteiger charge is 2.23. The molecule has 1 aliphatic rings. The average molecular weight is 417 g/mol. The van der Waals surface area contributed by atoms with E-state index in [0.29, 0.717) is 37.7 Å². The second kappa shape index (κ2) is 8.71. The summed E-state index contributed by atoms with van der Waals surface area (Å²) in [5.41, 5.74) is 3.48. The van der Waals surface area contributed by atoms with Gasteiger partial charge in [0.2, 0.25) is 0 Å². The lowest BCUT2D eigenvalue weighted by atomic mass is 10.1. The number of benzene rings is 1. The van der Waals surface area contributed by atoms with Crippen molar-refractivity contribution >= 4 is 40.7 Å². The van der Waals surface area contributed by atoms with Crippen LogP contribution in [0.1, 0.15) is 15.9 Å². The SMILES string of the molecule is COc1ccc(C)c(Nc2ncc(C(=O)N3CCOCC3)c3c2ccn3C)c1.Cl. The molecule has 0 atom stereocenters. The number of aryl methyl sites for hydroxylation is 2. The lowest BCUT2D eigenvalue weighted by Crippen LogP contribution is -2.40. The van der Waals surface area contributed by atoms with E-state index < -0.39 is 0 Å². The molecule has 0 bridgehead atoms. The van der Waals surface area contributed by atoms with Gasteiger partial charge in [-0.25, -0.2) is 4.98 Å². The molecular formula is C21H25ClN4O3. The van der Waals surface area contributed by atoms with E-state index in [4.69, 9.17) is 9.47 Å². The summed E-state index contributed by atoms with van der Waals surface area (Å²) in [6.45, 7) is 4.39. The topological polar surface area (TPSA) is 68.6 Å². The van der Waals surface area contributed by atoms with Crippen LogP contribution >= 0.6 is 12.4 Å². The van der Waals surface area contributed by atoms with Gasteiger partial charge >= 0.3 is 0 Å². The maximum Gasteiger partial charge on any atom is 0.257 e. The zero-order valence-corrected chi connectivity index (χ0v) is 17.6. The zero-order valence-electron chi connectivity index (χ0n) is 16.8. The van der Waals surface area contributed by atoms with Crippen molar-refractivity contribution in [3.05, 3.63) is 47.8 Å². The van der Waals surface area contributed by atoms with Crippen molar-refractivity contribution in [2.75, 3.05) is 38.7 Å². The van der Waals surface area contributed by atoms with Crippen molar-refractivity contribution < 1.29 is 14.3 Å². The van der Waals surface area contributed by atoms with Crippen LogP contribution in [0.5, 0.6) is 5.75 Å². The normalized spacial score (nSPS) is 13.8. The molecule has 1 aromatic carbocycles. The molecule has 3 heterocycles. The molecule has 0 radical (unpaired) electrons. The van der Waals surface area contributed by atoms with Gasteiger partial charge in [0, 0.05) is 49.7 Å². The van der Waals surface area contributed by atoms with Gasteiger partial charge in [-0.2, -0.15) is 0 Å². The predicted molar refractivity (Wildman–Crippen MR) is 116 cm³/mol. The number of aromatic nitrogens is 2. The first-order valence-electron chi connectivity index (χ1n) is 9.31. The van der Waals surface area contributed by atoms with Crippen molar-refractivity contribution in [3.63, 3.8) is 0 Å². The van der Waals surface area contributed by atoms with Crippen LogP contribution < -0.4 is 10.1 Å². The van der Waals surface area contributed by atoms with Crippen molar-refractivity contribution in [3.8, 4) is 5.75 Å². The van der Waals surface area contributed by atoms with Gasteiger partial charge in [-0.05, 0) is 24.6 Å². The molecule has 1 N–H and O–H groups in total. The number of pyridine rings is 1. The van der Waals surface area contributed by atoms with Crippen LogP contribution in [-0.2, 0) is 11.8 Å². The first-order chi connectivity index (χ1) is 13.6. The molecular weight excluding hydrogens is 392 g/mol. The maximum absolute atomic E-state index is 13.1. The van der Waals surface area contributed by atoms with Crippen molar-refractivity contribution in [2.45, 2.75) is 6.92 Å². The largest absolute Gasteiger partial charge is 0.497 e. The van der Waals surface area contributed by atoms with Crippen molar-refractivity contribution in [1.29, 1.82) is 0 Å². The van der Waals surface area contributed by atoms with Crippen LogP contribution in [0.2, 0.25) is 0 Å². The second-order valence-electron chi connectivity index (χ2n) is 6.92. The number of methoxy groups -OCH3 is 1. The highest BCUT2D eigenvalue weighted by Crippen LogP contribution is 2.31. The number of carbonyl (C=O) groups excluding carboxylic acids is 1. The standard InChI is InChI=1S/C21H24N4O3.ClH/c1-14-4-5-15(27-3)12-18(14)23-20-16-6-7-24(2)19(16)17(13-22-20)21(26)25-8-10-28-11-9-25;/h4-7,12-13H,8-11H2,1-3H3,(H,22,23);1H. The molecule has 8 heteroatoms. The molecule has 1 amide bonds. The van der Waals surface area contributed by atoms with Gasteiger partial charge in [0.25, 0.3) is 5.91 Å². The van der Waals surface area contributed by atoms with Crippen LogP contribution in [-0.4, -0.2) is 53.8 Å². The highest BCUT2D eigenvalue weighted by atomic mass is 35.5. The molecule has 0 aliphatic carbocycles.